The fourth-order valence-corrected chi connectivity index (χ4v) is 2.25. The van der Waals surface area contributed by atoms with Crippen LogP contribution < -0.4 is 9.47 Å². The number of hydrogen-bond acceptors (Lipinski definition) is 4. The summed E-state index contributed by atoms with van der Waals surface area (Å²) in [6, 6.07) is 12.3. The number of hydrogen-bond donors (Lipinski definition) is 0. The zero-order chi connectivity index (χ0) is 15.4. The number of benzene rings is 2. The van der Waals surface area contributed by atoms with Crippen molar-refractivity contribution in [1.82, 2.24) is 0 Å². The minimum atomic E-state index is -0.413. The molecular weight excluding hydrogens is 336 g/mol. The van der Waals surface area contributed by atoms with Crippen molar-refractivity contribution in [3.63, 3.8) is 0 Å². The molecule has 2 aromatic rings. The fourth-order valence-electron chi connectivity index (χ4n) is 1.89. The number of ether oxygens (including phenoxy) is 2. The lowest BCUT2D eigenvalue weighted by Gasteiger charge is -2.13. The van der Waals surface area contributed by atoms with Gasteiger partial charge in [0.2, 0.25) is 0 Å². The smallest absolute Gasteiger partial charge is 0.308 e. The van der Waals surface area contributed by atoms with E-state index in [1.807, 2.05) is 6.07 Å². The van der Waals surface area contributed by atoms with E-state index < -0.39 is 11.9 Å². The van der Waals surface area contributed by atoms with Gasteiger partial charge in [-0.15, -0.1) is 0 Å². The maximum Gasteiger partial charge on any atom is 0.308 e. The number of esters is 2. The molecule has 108 valence electrons. The summed E-state index contributed by atoms with van der Waals surface area (Å²) in [7, 11) is 0. The molecule has 0 heterocycles. The third-order valence-corrected chi connectivity index (χ3v) is 3.12. The van der Waals surface area contributed by atoms with Crippen LogP contribution in [0, 0.1) is 0 Å². The third kappa shape index (κ3) is 3.92. The first kappa shape index (κ1) is 15.3. The third-order valence-electron chi connectivity index (χ3n) is 2.63. The SMILES string of the molecule is CC(=O)Oc1ccccc1-c1cc(Br)ccc1OC(C)=O. The summed E-state index contributed by atoms with van der Waals surface area (Å²) in [5.74, 6) is -0.00294. The molecule has 0 aliphatic heterocycles. The number of halogens is 1. The minimum Gasteiger partial charge on any atom is -0.426 e. The molecule has 0 saturated carbocycles. The summed E-state index contributed by atoms with van der Waals surface area (Å²) in [6.07, 6.45) is 0. The Morgan fingerprint density at radius 2 is 1.43 bits per heavy atom. The van der Waals surface area contributed by atoms with Crippen LogP contribution in [0.3, 0.4) is 0 Å². The van der Waals surface area contributed by atoms with Crippen molar-refractivity contribution >= 4 is 27.9 Å². The molecule has 2 aromatic carbocycles. The van der Waals surface area contributed by atoms with E-state index in [-0.39, 0.29) is 0 Å². The van der Waals surface area contributed by atoms with Crippen LogP contribution in [-0.4, -0.2) is 11.9 Å². The van der Waals surface area contributed by atoms with Crippen molar-refractivity contribution in [3.05, 3.63) is 46.9 Å². The standard InChI is InChI=1S/C16H13BrO4/c1-10(18)20-15-6-4-3-5-13(15)14-9-12(17)7-8-16(14)21-11(2)19/h3-9H,1-2H3. The van der Waals surface area contributed by atoms with Crippen LogP contribution >= 0.6 is 15.9 Å². The highest BCUT2D eigenvalue weighted by Gasteiger charge is 2.14. The van der Waals surface area contributed by atoms with Gasteiger partial charge < -0.3 is 9.47 Å². The molecule has 2 rings (SSSR count). The minimum absolute atomic E-state index is 0.408. The highest BCUT2D eigenvalue weighted by atomic mass is 79.9. The predicted octanol–water partition coefficient (Wildman–Crippen LogP) is 3.97. The molecule has 0 aromatic heterocycles. The summed E-state index contributed by atoms with van der Waals surface area (Å²) < 4.78 is 11.2. The first-order chi connectivity index (χ1) is 9.97. The van der Waals surface area contributed by atoms with E-state index in [0.29, 0.717) is 22.6 Å². The van der Waals surface area contributed by atoms with Crippen LogP contribution in [-0.2, 0) is 9.59 Å². The molecule has 0 radical (unpaired) electrons. The van der Waals surface area contributed by atoms with Crippen LogP contribution in [0.5, 0.6) is 11.5 Å². The van der Waals surface area contributed by atoms with E-state index in [2.05, 4.69) is 15.9 Å². The molecule has 0 spiro atoms. The average molecular weight is 349 g/mol. The first-order valence-electron chi connectivity index (χ1n) is 6.23. The molecule has 21 heavy (non-hydrogen) atoms. The Balaban J connectivity index is 2.57. The Bertz CT molecular complexity index is 694. The van der Waals surface area contributed by atoms with Crippen LogP contribution in [0.4, 0.5) is 0 Å². The van der Waals surface area contributed by atoms with E-state index in [1.165, 1.54) is 13.8 Å². The fraction of sp³-hybridized carbons (Fsp3) is 0.125. The van der Waals surface area contributed by atoms with Crippen LogP contribution in [0.2, 0.25) is 0 Å². The summed E-state index contributed by atoms with van der Waals surface area (Å²) in [5.41, 5.74) is 1.33. The van der Waals surface area contributed by atoms with Gasteiger partial charge in [0.25, 0.3) is 0 Å². The number of rotatable bonds is 3. The van der Waals surface area contributed by atoms with Crippen molar-refractivity contribution in [1.29, 1.82) is 0 Å². The summed E-state index contributed by atoms with van der Waals surface area (Å²) >= 11 is 3.39. The van der Waals surface area contributed by atoms with Crippen molar-refractivity contribution in [2.45, 2.75) is 13.8 Å². The lowest BCUT2D eigenvalue weighted by Crippen LogP contribution is -2.05. The summed E-state index contributed by atoms with van der Waals surface area (Å²) in [4.78, 5) is 22.4. The Hall–Kier alpha value is -2.14. The molecule has 0 N–H and O–H groups in total. The monoisotopic (exact) mass is 348 g/mol. The highest BCUT2D eigenvalue weighted by molar-refractivity contribution is 9.10. The predicted molar refractivity (Wildman–Crippen MR) is 82.2 cm³/mol. The second-order valence-corrected chi connectivity index (χ2v) is 5.24. The van der Waals surface area contributed by atoms with Crippen LogP contribution in [0.15, 0.2) is 46.9 Å². The zero-order valence-corrected chi connectivity index (χ0v) is 13.1. The normalized spacial score (nSPS) is 10.0. The van der Waals surface area contributed by atoms with Gasteiger partial charge in [0.05, 0.1) is 0 Å². The van der Waals surface area contributed by atoms with Crippen molar-refractivity contribution < 1.29 is 19.1 Å². The summed E-state index contributed by atoms with van der Waals surface area (Å²) in [6.45, 7) is 2.68. The van der Waals surface area contributed by atoms with E-state index in [1.54, 1.807) is 36.4 Å². The van der Waals surface area contributed by atoms with Crippen LogP contribution in [0.25, 0.3) is 11.1 Å². The van der Waals surface area contributed by atoms with Crippen molar-refractivity contribution in [2.24, 2.45) is 0 Å². The molecule has 5 heteroatoms. The lowest BCUT2D eigenvalue weighted by atomic mass is 10.0. The molecule has 0 saturated heterocycles. The van der Waals surface area contributed by atoms with Crippen molar-refractivity contribution in [2.75, 3.05) is 0 Å². The Morgan fingerprint density at radius 1 is 0.857 bits per heavy atom. The Labute approximate surface area is 130 Å². The summed E-state index contributed by atoms with van der Waals surface area (Å²) in [5, 5.41) is 0. The van der Waals surface area contributed by atoms with Gasteiger partial charge in [-0.3, -0.25) is 9.59 Å². The zero-order valence-electron chi connectivity index (χ0n) is 11.6. The lowest BCUT2D eigenvalue weighted by molar-refractivity contribution is -0.132. The average Bonchev–Trinajstić information content (AvgIpc) is 2.40. The molecular formula is C16H13BrO4. The molecule has 0 amide bonds. The molecule has 4 nitrogen and oxygen atoms in total. The van der Waals surface area contributed by atoms with Gasteiger partial charge >= 0.3 is 11.9 Å². The van der Waals surface area contributed by atoms with Gasteiger partial charge in [-0.05, 0) is 24.3 Å². The van der Waals surface area contributed by atoms with Gasteiger partial charge in [-0.25, -0.2) is 0 Å². The van der Waals surface area contributed by atoms with E-state index in [0.717, 1.165) is 4.47 Å². The molecule has 0 aliphatic carbocycles. The van der Waals surface area contributed by atoms with Crippen LogP contribution in [0.1, 0.15) is 13.8 Å². The van der Waals surface area contributed by atoms with E-state index in [4.69, 9.17) is 9.47 Å². The number of carbonyl (C=O) groups excluding carboxylic acids is 2. The van der Waals surface area contributed by atoms with Crippen molar-refractivity contribution in [3.8, 4) is 22.6 Å². The van der Waals surface area contributed by atoms with Gasteiger partial charge in [-0.1, -0.05) is 34.1 Å². The quantitative estimate of drug-likeness (QED) is 0.622. The van der Waals surface area contributed by atoms with Gasteiger partial charge in [-0.2, -0.15) is 0 Å². The van der Waals surface area contributed by atoms with E-state index >= 15 is 0 Å². The molecule has 0 aliphatic rings. The second-order valence-electron chi connectivity index (χ2n) is 4.32. The molecule has 0 fully saturated rings. The van der Waals surface area contributed by atoms with Gasteiger partial charge in [0.1, 0.15) is 11.5 Å². The Morgan fingerprint density at radius 3 is 2.05 bits per heavy atom. The maximum atomic E-state index is 11.2. The highest BCUT2D eigenvalue weighted by Crippen LogP contribution is 2.38. The Kier molecular flexibility index (Phi) is 4.75. The first-order valence-corrected chi connectivity index (χ1v) is 7.02. The van der Waals surface area contributed by atoms with Gasteiger partial charge in [0.15, 0.2) is 0 Å². The molecule has 0 bridgehead atoms. The molecule has 0 unspecified atom stereocenters. The second kappa shape index (κ2) is 6.54. The van der Waals surface area contributed by atoms with Gasteiger partial charge in [0, 0.05) is 29.4 Å². The maximum absolute atomic E-state index is 11.2. The largest absolute Gasteiger partial charge is 0.426 e. The van der Waals surface area contributed by atoms with E-state index in [9.17, 15) is 9.59 Å². The number of carbonyl (C=O) groups is 2. The topological polar surface area (TPSA) is 52.6 Å². The molecule has 0 atom stereocenters. The number of para-hydroxylation sites is 1.